The smallest absolute Gasteiger partial charge is 0.195 e. The molecule has 3 rings (SSSR count). The van der Waals surface area contributed by atoms with Crippen molar-refractivity contribution in [3.63, 3.8) is 0 Å². The van der Waals surface area contributed by atoms with Crippen LogP contribution in [0.5, 0.6) is 0 Å². The summed E-state index contributed by atoms with van der Waals surface area (Å²) in [5.74, 6) is 1.00. The Morgan fingerprint density at radius 2 is 2.44 bits per heavy atom. The summed E-state index contributed by atoms with van der Waals surface area (Å²) in [5, 5.41) is 10.2. The maximum absolute atomic E-state index is 5.40. The first-order chi connectivity index (χ1) is 8.79. The molecule has 6 heteroatoms. The van der Waals surface area contributed by atoms with E-state index in [0.29, 0.717) is 6.04 Å². The van der Waals surface area contributed by atoms with Gasteiger partial charge < -0.3 is 0 Å². The highest BCUT2D eigenvalue weighted by molar-refractivity contribution is 7.99. The standard InChI is InChI=1S/C12H15N3S3/c1-17-9-5-4-8(7-9)15-11(13-14-12(15)16)10-3-2-6-18-10/h2-3,6,8-9H,4-5,7H2,1H3,(H,14,16). The quantitative estimate of drug-likeness (QED) is 0.865. The van der Waals surface area contributed by atoms with Crippen molar-refractivity contribution in [2.24, 2.45) is 0 Å². The Hall–Kier alpha value is -0.590. The monoisotopic (exact) mass is 297 g/mol. The summed E-state index contributed by atoms with van der Waals surface area (Å²) in [5.41, 5.74) is 0. The Morgan fingerprint density at radius 3 is 3.11 bits per heavy atom. The van der Waals surface area contributed by atoms with Gasteiger partial charge >= 0.3 is 0 Å². The molecule has 0 aromatic carbocycles. The van der Waals surface area contributed by atoms with Gasteiger partial charge in [-0.25, -0.2) is 0 Å². The largest absolute Gasteiger partial charge is 0.296 e. The second-order valence-electron chi connectivity index (χ2n) is 4.52. The number of rotatable bonds is 3. The number of hydrogen-bond donors (Lipinski definition) is 1. The third kappa shape index (κ3) is 2.17. The Morgan fingerprint density at radius 1 is 1.56 bits per heavy atom. The van der Waals surface area contributed by atoms with E-state index in [1.165, 1.54) is 24.1 Å². The van der Waals surface area contributed by atoms with Crippen LogP contribution in [0.2, 0.25) is 0 Å². The van der Waals surface area contributed by atoms with Gasteiger partial charge in [-0.15, -0.1) is 11.3 Å². The van der Waals surface area contributed by atoms with E-state index in [-0.39, 0.29) is 0 Å². The molecule has 2 aromatic rings. The first-order valence-electron chi connectivity index (χ1n) is 6.03. The van der Waals surface area contributed by atoms with Crippen molar-refractivity contribution in [1.82, 2.24) is 14.8 Å². The van der Waals surface area contributed by atoms with Gasteiger partial charge in [0.2, 0.25) is 0 Å². The van der Waals surface area contributed by atoms with Crippen LogP contribution in [-0.2, 0) is 0 Å². The predicted molar refractivity (Wildman–Crippen MR) is 80.9 cm³/mol. The van der Waals surface area contributed by atoms with Crippen molar-refractivity contribution in [2.75, 3.05) is 6.26 Å². The maximum Gasteiger partial charge on any atom is 0.195 e. The average molecular weight is 297 g/mol. The number of thioether (sulfide) groups is 1. The first-order valence-corrected chi connectivity index (χ1v) is 8.60. The number of thiophene rings is 1. The lowest BCUT2D eigenvalue weighted by Gasteiger charge is -2.13. The molecule has 2 unspecified atom stereocenters. The van der Waals surface area contributed by atoms with Gasteiger partial charge in [-0.05, 0) is 49.2 Å². The van der Waals surface area contributed by atoms with Crippen LogP contribution >= 0.6 is 35.3 Å². The van der Waals surface area contributed by atoms with E-state index < -0.39 is 0 Å². The highest BCUT2D eigenvalue weighted by Gasteiger charge is 2.28. The number of aromatic nitrogens is 3. The molecule has 2 aromatic heterocycles. The first kappa shape index (κ1) is 12.4. The molecule has 1 fully saturated rings. The van der Waals surface area contributed by atoms with E-state index in [1.54, 1.807) is 11.3 Å². The van der Waals surface area contributed by atoms with Gasteiger partial charge in [-0.2, -0.15) is 16.9 Å². The summed E-state index contributed by atoms with van der Waals surface area (Å²) in [4.78, 5) is 1.19. The second kappa shape index (κ2) is 5.19. The minimum absolute atomic E-state index is 0.505. The molecule has 1 N–H and O–H groups in total. The van der Waals surface area contributed by atoms with E-state index in [4.69, 9.17) is 12.2 Å². The average Bonchev–Trinajstić information content (AvgIpc) is 3.07. The Labute approximate surface area is 120 Å². The molecule has 96 valence electrons. The zero-order valence-electron chi connectivity index (χ0n) is 10.1. The van der Waals surface area contributed by atoms with Crippen molar-refractivity contribution >= 4 is 35.3 Å². The summed E-state index contributed by atoms with van der Waals surface area (Å²) >= 11 is 9.08. The molecule has 0 bridgehead atoms. The van der Waals surface area contributed by atoms with Crippen LogP contribution in [0.15, 0.2) is 17.5 Å². The molecule has 0 saturated heterocycles. The van der Waals surface area contributed by atoms with Gasteiger partial charge in [0, 0.05) is 11.3 Å². The number of aromatic amines is 1. The van der Waals surface area contributed by atoms with Gasteiger partial charge in [0.25, 0.3) is 0 Å². The van der Waals surface area contributed by atoms with Crippen LogP contribution < -0.4 is 0 Å². The second-order valence-corrected chi connectivity index (χ2v) is 7.00. The number of H-pyrrole nitrogens is 1. The van der Waals surface area contributed by atoms with Crippen LogP contribution in [0.1, 0.15) is 25.3 Å². The molecular formula is C12H15N3S3. The molecule has 2 heterocycles. The normalized spacial score (nSPS) is 23.6. The summed E-state index contributed by atoms with van der Waals surface area (Å²) in [6.45, 7) is 0. The summed E-state index contributed by atoms with van der Waals surface area (Å²) < 4.78 is 2.97. The highest BCUT2D eigenvalue weighted by Crippen LogP contribution is 2.38. The van der Waals surface area contributed by atoms with E-state index in [0.717, 1.165) is 15.8 Å². The molecule has 1 aliphatic rings. The molecular weight excluding hydrogens is 282 g/mol. The lowest BCUT2D eigenvalue weighted by Crippen LogP contribution is -2.08. The molecule has 3 nitrogen and oxygen atoms in total. The summed E-state index contributed by atoms with van der Waals surface area (Å²) in [7, 11) is 0. The van der Waals surface area contributed by atoms with E-state index in [9.17, 15) is 0 Å². The zero-order valence-corrected chi connectivity index (χ0v) is 12.6. The van der Waals surface area contributed by atoms with Gasteiger partial charge in [0.15, 0.2) is 10.6 Å². The highest BCUT2D eigenvalue weighted by atomic mass is 32.2. The van der Waals surface area contributed by atoms with Gasteiger partial charge in [-0.1, -0.05) is 6.07 Å². The Bertz CT molecular complexity index is 570. The SMILES string of the molecule is CSC1CCC(n2c(-c3cccs3)n[nH]c2=S)C1. The van der Waals surface area contributed by atoms with E-state index in [1.807, 2.05) is 11.8 Å². The van der Waals surface area contributed by atoms with Crippen molar-refractivity contribution < 1.29 is 0 Å². The molecule has 1 saturated carbocycles. The Balaban J connectivity index is 1.97. The molecule has 0 spiro atoms. The van der Waals surface area contributed by atoms with Crippen molar-refractivity contribution in [2.45, 2.75) is 30.6 Å². The third-order valence-electron chi connectivity index (χ3n) is 3.50. The summed E-state index contributed by atoms with van der Waals surface area (Å²) in [6.07, 6.45) is 5.88. The molecule has 18 heavy (non-hydrogen) atoms. The Kier molecular flexibility index (Phi) is 3.59. The predicted octanol–water partition coefficient (Wildman–Crippen LogP) is 4.13. The third-order valence-corrected chi connectivity index (χ3v) is 5.75. The number of nitrogens with zero attached hydrogens (tertiary/aromatic N) is 2. The fourth-order valence-electron chi connectivity index (χ4n) is 2.59. The molecule has 0 radical (unpaired) electrons. The van der Waals surface area contributed by atoms with Crippen molar-refractivity contribution in [1.29, 1.82) is 0 Å². The van der Waals surface area contributed by atoms with Crippen LogP contribution in [0.3, 0.4) is 0 Å². The van der Waals surface area contributed by atoms with E-state index >= 15 is 0 Å². The molecule has 0 aliphatic heterocycles. The van der Waals surface area contributed by atoms with Gasteiger partial charge in [-0.3, -0.25) is 9.67 Å². The molecule has 0 amide bonds. The topological polar surface area (TPSA) is 33.6 Å². The number of nitrogens with one attached hydrogen (secondary N) is 1. The fourth-order valence-corrected chi connectivity index (χ4v) is 4.37. The van der Waals surface area contributed by atoms with Gasteiger partial charge in [0.05, 0.1) is 4.88 Å². The van der Waals surface area contributed by atoms with Crippen LogP contribution in [0.25, 0.3) is 10.7 Å². The van der Waals surface area contributed by atoms with Crippen LogP contribution in [0, 0.1) is 4.77 Å². The minimum atomic E-state index is 0.505. The van der Waals surface area contributed by atoms with Crippen molar-refractivity contribution in [3.8, 4) is 10.7 Å². The zero-order chi connectivity index (χ0) is 12.5. The van der Waals surface area contributed by atoms with Crippen LogP contribution in [-0.4, -0.2) is 26.3 Å². The fraction of sp³-hybridized carbons (Fsp3) is 0.500. The summed E-state index contributed by atoms with van der Waals surface area (Å²) in [6, 6.07) is 4.67. The van der Waals surface area contributed by atoms with E-state index in [2.05, 4.69) is 38.5 Å². The molecule has 1 aliphatic carbocycles. The lowest BCUT2D eigenvalue weighted by atomic mass is 10.2. The minimum Gasteiger partial charge on any atom is -0.296 e. The number of hydrogen-bond acceptors (Lipinski definition) is 4. The lowest BCUT2D eigenvalue weighted by molar-refractivity contribution is 0.518. The molecule has 2 atom stereocenters. The maximum atomic E-state index is 5.40. The van der Waals surface area contributed by atoms with Crippen LogP contribution in [0.4, 0.5) is 0 Å². The van der Waals surface area contributed by atoms with Crippen molar-refractivity contribution in [3.05, 3.63) is 22.3 Å². The van der Waals surface area contributed by atoms with Gasteiger partial charge in [0.1, 0.15) is 0 Å².